The summed E-state index contributed by atoms with van der Waals surface area (Å²) in [6, 6.07) is 11.7. The molecule has 6 nitrogen and oxygen atoms in total. The predicted molar refractivity (Wildman–Crippen MR) is 93.3 cm³/mol. The van der Waals surface area contributed by atoms with E-state index in [1.165, 1.54) is 30.3 Å². The summed E-state index contributed by atoms with van der Waals surface area (Å²) >= 11 is 5.91. The third-order valence-corrected chi connectivity index (χ3v) is 4.78. The summed E-state index contributed by atoms with van der Waals surface area (Å²) in [5.74, 6) is -0.445. The highest BCUT2D eigenvalue weighted by Gasteiger charge is 2.15. The van der Waals surface area contributed by atoms with Gasteiger partial charge in [0, 0.05) is 16.8 Å². The third kappa shape index (κ3) is 3.79. The fourth-order valence-corrected chi connectivity index (χ4v) is 3.06. The first-order valence-corrected chi connectivity index (χ1v) is 9.05. The molecule has 0 saturated carbocycles. The van der Waals surface area contributed by atoms with E-state index in [9.17, 15) is 18.0 Å². The quantitative estimate of drug-likeness (QED) is 0.555. The lowest BCUT2D eigenvalue weighted by molar-refractivity contribution is 0.0989. The first-order chi connectivity index (χ1) is 11.7. The average molecular weight is 378 g/mol. The number of carbonyl (C=O) groups is 1. The van der Waals surface area contributed by atoms with Crippen molar-refractivity contribution in [3.63, 3.8) is 0 Å². The molecule has 0 aliphatic rings. The topological polar surface area (TPSA) is 107 Å². The number of halogens is 1. The normalized spacial score (nSPS) is 11.6. The van der Waals surface area contributed by atoms with Gasteiger partial charge < -0.3 is 4.42 Å². The number of hydrogen-bond acceptors (Lipinski definition) is 5. The van der Waals surface area contributed by atoms with Crippen molar-refractivity contribution in [3.05, 3.63) is 75.1 Å². The Kier molecular flexibility index (Phi) is 4.47. The molecule has 128 valence electrons. The molecule has 0 radical (unpaired) electrons. The number of carbonyl (C=O) groups excluding carboxylic acids is 1. The van der Waals surface area contributed by atoms with E-state index in [2.05, 4.69) is 0 Å². The monoisotopic (exact) mass is 377 g/mol. The molecule has 2 N–H and O–H groups in total. The molecule has 0 amide bonds. The Hall–Kier alpha value is -2.48. The van der Waals surface area contributed by atoms with E-state index in [0.29, 0.717) is 21.6 Å². The summed E-state index contributed by atoms with van der Waals surface area (Å²) in [4.78, 5) is 24.4. The lowest BCUT2D eigenvalue weighted by Gasteiger charge is -2.04. The van der Waals surface area contributed by atoms with Gasteiger partial charge in [-0.05, 0) is 42.0 Å². The van der Waals surface area contributed by atoms with E-state index in [1.807, 2.05) is 0 Å². The van der Waals surface area contributed by atoms with Crippen LogP contribution in [0.3, 0.4) is 0 Å². The minimum atomic E-state index is -3.80. The van der Waals surface area contributed by atoms with Crippen LogP contribution in [0.4, 0.5) is 0 Å². The van der Waals surface area contributed by atoms with Crippen molar-refractivity contribution >= 4 is 38.4 Å². The molecule has 0 bridgehead atoms. The van der Waals surface area contributed by atoms with Crippen LogP contribution in [0.15, 0.2) is 62.6 Å². The van der Waals surface area contributed by atoms with Crippen molar-refractivity contribution in [2.24, 2.45) is 5.14 Å². The Bertz CT molecular complexity index is 1130. The van der Waals surface area contributed by atoms with Gasteiger partial charge in [0.2, 0.25) is 10.0 Å². The van der Waals surface area contributed by atoms with E-state index in [4.69, 9.17) is 21.2 Å². The second-order valence-corrected chi connectivity index (χ2v) is 7.42. The minimum absolute atomic E-state index is 0.0523. The highest BCUT2D eigenvalue weighted by Crippen LogP contribution is 2.19. The number of hydrogen-bond donors (Lipinski definition) is 1. The molecule has 2 aromatic carbocycles. The van der Waals surface area contributed by atoms with Crippen molar-refractivity contribution in [1.29, 1.82) is 0 Å². The third-order valence-electron chi connectivity index (χ3n) is 3.61. The van der Waals surface area contributed by atoms with Crippen LogP contribution in [-0.4, -0.2) is 14.2 Å². The van der Waals surface area contributed by atoms with Gasteiger partial charge >= 0.3 is 5.63 Å². The van der Waals surface area contributed by atoms with Gasteiger partial charge in [-0.1, -0.05) is 23.7 Å². The van der Waals surface area contributed by atoms with E-state index < -0.39 is 21.4 Å². The zero-order valence-electron chi connectivity index (χ0n) is 12.7. The zero-order valence-corrected chi connectivity index (χ0v) is 14.3. The van der Waals surface area contributed by atoms with Crippen molar-refractivity contribution in [3.8, 4) is 0 Å². The Morgan fingerprint density at radius 1 is 1.08 bits per heavy atom. The van der Waals surface area contributed by atoms with Crippen molar-refractivity contribution < 1.29 is 17.6 Å². The number of benzene rings is 2. The predicted octanol–water partition coefficient (Wildman–Crippen LogP) is 2.52. The van der Waals surface area contributed by atoms with Crippen LogP contribution in [0, 0.1) is 0 Å². The van der Waals surface area contributed by atoms with Crippen molar-refractivity contribution in [2.45, 2.75) is 11.3 Å². The Labute approximate surface area is 147 Å². The molecule has 1 aromatic heterocycles. The maximum Gasteiger partial charge on any atom is 0.347 e. The molecule has 1 heterocycles. The van der Waals surface area contributed by atoms with Gasteiger partial charge in [-0.25, -0.2) is 18.4 Å². The molecular weight excluding hydrogens is 366 g/mol. The molecule has 8 heteroatoms. The second-order valence-electron chi connectivity index (χ2n) is 5.42. The van der Waals surface area contributed by atoms with Crippen LogP contribution in [0.2, 0.25) is 5.02 Å². The number of nitrogens with two attached hydrogens (primary N) is 1. The van der Waals surface area contributed by atoms with E-state index in [0.717, 1.165) is 0 Å². The molecular formula is C17H12ClNO5S. The maximum absolute atomic E-state index is 12.4. The number of fused-ring (bicyclic) bond motifs is 1. The summed E-state index contributed by atoms with van der Waals surface area (Å²) < 4.78 is 27.6. The van der Waals surface area contributed by atoms with E-state index in [-0.39, 0.29) is 16.9 Å². The molecule has 0 atom stereocenters. The molecule has 0 saturated heterocycles. The largest absolute Gasteiger partial charge is 0.422 e. The van der Waals surface area contributed by atoms with Crippen LogP contribution in [0.25, 0.3) is 11.0 Å². The van der Waals surface area contributed by atoms with Gasteiger partial charge in [0.15, 0.2) is 5.78 Å². The number of ketones is 1. The molecule has 3 rings (SSSR count). The van der Waals surface area contributed by atoms with Crippen molar-refractivity contribution in [1.82, 2.24) is 0 Å². The summed E-state index contributed by atoms with van der Waals surface area (Å²) in [6.45, 7) is 0. The molecule has 0 unspecified atom stereocenters. The Morgan fingerprint density at radius 3 is 2.40 bits per heavy atom. The van der Waals surface area contributed by atoms with Crippen LogP contribution in [0.1, 0.15) is 15.9 Å². The van der Waals surface area contributed by atoms with Crippen molar-refractivity contribution in [2.75, 3.05) is 0 Å². The molecule has 0 aliphatic carbocycles. The Balaban J connectivity index is 1.92. The van der Waals surface area contributed by atoms with E-state index >= 15 is 0 Å². The van der Waals surface area contributed by atoms with Gasteiger partial charge in [-0.2, -0.15) is 0 Å². The van der Waals surface area contributed by atoms with Crippen LogP contribution in [0.5, 0.6) is 0 Å². The number of primary sulfonamides is 1. The number of sulfonamides is 1. The molecule has 0 fully saturated rings. The first-order valence-electron chi connectivity index (χ1n) is 7.12. The average Bonchev–Trinajstić information content (AvgIpc) is 2.54. The fourth-order valence-electron chi connectivity index (χ4n) is 2.37. The molecule has 0 aliphatic heterocycles. The highest BCUT2D eigenvalue weighted by atomic mass is 35.5. The van der Waals surface area contributed by atoms with Crippen LogP contribution < -0.4 is 10.8 Å². The smallest absolute Gasteiger partial charge is 0.347 e. The molecule has 3 aromatic rings. The summed E-state index contributed by atoms with van der Waals surface area (Å²) in [5.41, 5.74) is 0.0534. The molecule has 0 spiro atoms. The van der Waals surface area contributed by atoms with Gasteiger partial charge in [-0.15, -0.1) is 0 Å². The van der Waals surface area contributed by atoms with E-state index in [1.54, 1.807) is 18.2 Å². The number of rotatable bonds is 4. The summed E-state index contributed by atoms with van der Waals surface area (Å²) in [6.07, 6.45) is -0.0816. The first kappa shape index (κ1) is 17.3. The van der Waals surface area contributed by atoms with Gasteiger partial charge in [0.05, 0.1) is 4.90 Å². The SMILES string of the molecule is NS(=O)(=O)c1ccc(CC(=O)c2cc3cc(Cl)ccc3oc2=O)cc1. The summed E-state index contributed by atoms with van der Waals surface area (Å²) in [7, 11) is -3.80. The van der Waals surface area contributed by atoms with Gasteiger partial charge in [0.25, 0.3) is 0 Å². The lowest BCUT2D eigenvalue weighted by Crippen LogP contribution is -2.16. The number of Topliss-reactive ketones (excluding diaryl/α,β-unsaturated/α-hetero) is 1. The van der Waals surface area contributed by atoms with Crippen LogP contribution in [-0.2, 0) is 16.4 Å². The highest BCUT2D eigenvalue weighted by molar-refractivity contribution is 7.89. The van der Waals surface area contributed by atoms with Gasteiger partial charge in [-0.3, -0.25) is 4.79 Å². The Morgan fingerprint density at radius 2 is 1.76 bits per heavy atom. The lowest BCUT2D eigenvalue weighted by atomic mass is 10.0. The fraction of sp³-hybridized carbons (Fsp3) is 0.0588. The zero-order chi connectivity index (χ0) is 18.2. The summed E-state index contributed by atoms with van der Waals surface area (Å²) in [5, 5.41) is 6.02. The molecule has 25 heavy (non-hydrogen) atoms. The standard InChI is InChI=1S/C17H12ClNO5S/c18-12-3-6-16-11(8-12)9-14(17(21)24-16)15(20)7-10-1-4-13(5-2-10)25(19,22)23/h1-6,8-9H,7H2,(H2,19,22,23). The second kappa shape index (κ2) is 6.44. The van der Waals surface area contributed by atoms with Gasteiger partial charge in [0.1, 0.15) is 11.1 Å². The maximum atomic E-state index is 12.4. The minimum Gasteiger partial charge on any atom is -0.422 e. The van der Waals surface area contributed by atoms with Crippen LogP contribution >= 0.6 is 11.6 Å².